The molecular weight excluding hydrogens is 200 g/mol. The second-order valence-electron chi connectivity index (χ2n) is 6.91. The highest BCUT2D eigenvalue weighted by atomic mass is 16.6. The lowest BCUT2D eigenvalue weighted by Gasteiger charge is -2.32. The Labute approximate surface area is 97.7 Å². The summed E-state index contributed by atoms with van der Waals surface area (Å²) in [4.78, 5) is 0. The van der Waals surface area contributed by atoms with Crippen molar-refractivity contribution in [1.82, 2.24) is 0 Å². The summed E-state index contributed by atoms with van der Waals surface area (Å²) in [5.41, 5.74) is 0.575. The van der Waals surface area contributed by atoms with Crippen molar-refractivity contribution in [2.24, 2.45) is 11.8 Å². The molecule has 2 aliphatic heterocycles. The van der Waals surface area contributed by atoms with Gasteiger partial charge in [-0.25, -0.2) is 0 Å². The van der Waals surface area contributed by atoms with Gasteiger partial charge in [0.1, 0.15) is 0 Å². The predicted molar refractivity (Wildman–Crippen MR) is 61.2 cm³/mol. The van der Waals surface area contributed by atoms with Crippen LogP contribution >= 0.6 is 0 Å². The molecule has 4 fully saturated rings. The summed E-state index contributed by atoms with van der Waals surface area (Å²) in [6, 6.07) is 0. The lowest BCUT2D eigenvalue weighted by atomic mass is 9.70. The smallest absolute Gasteiger partial charge is 0.0920 e. The molecule has 2 nitrogen and oxygen atoms in total. The largest absolute Gasteiger partial charge is 0.366 e. The number of epoxide rings is 2. The maximum absolute atomic E-state index is 5.81. The molecule has 0 amide bonds. The van der Waals surface area contributed by atoms with E-state index < -0.39 is 0 Å². The minimum Gasteiger partial charge on any atom is -0.366 e. The molecule has 0 spiro atoms. The summed E-state index contributed by atoms with van der Waals surface area (Å²) >= 11 is 0. The molecule has 0 bridgehead atoms. The Kier molecular flexibility index (Phi) is 1.76. The average Bonchev–Trinajstić information content (AvgIpc) is 3.09. The first-order valence-corrected chi connectivity index (χ1v) is 6.95. The Bertz CT molecular complexity index is 297. The van der Waals surface area contributed by atoms with E-state index in [0.717, 1.165) is 11.8 Å². The minimum absolute atomic E-state index is 0.287. The van der Waals surface area contributed by atoms with Gasteiger partial charge in [0.15, 0.2) is 0 Å². The summed E-state index contributed by atoms with van der Waals surface area (Å²) in [5, 5.41) is 0. The van der Waals surface area contributed by atoms with E-state index in [4.69, 9.17) is 9.47 Å². The molecule has 0 aromatic rings. The van der Waals surface area contributed by atoms with Gasteiger partial charge in [-0.2, -0.15) is 0 Å². The molecular formula is C14H22O2. The van der Waals surface area contributed by atoms with Crippen molar-refractivity contribution in [2.75, 3.05) is 0 Å². The van der Waals surface area contributed by atoms with Gasteiger partial charge in [0.25, 0.3) is 0 Å². The van der Waals surface area contributed by atoms with Crippen molar-refractivity contribution in [3.8, 4) is 0 Å². The topological polar surface area (TPSA) is 25.1 Å². The van der Waals surface area contributed by atoms with Crippen LogP contribution in [0.5, 0.6) is 0 Å². The lowest BCUT2D eigenvalue weighted by molar-refractivity contribution is 0.199. The van der Waals surface area contributed by atoms with Crippen LogP contribution in [-0.2, 0) is 9.47 Å². The summed E-state index contributed by atoms with van der Waals surface area (Å²) in [7, 11) is 0. The van der Waals surface area contributed by atoms with Crippen LogP contribution < -0.4 is 0 Å². The van der Waals surface area contributed by atoms with Crippen LogP contribution in [0, 0.1) is 11.8 Å². The van der Waals surface area contributed by atoms with Crippen LogP contribution in [0.2, 0.25) is 0 Å². The van der Waals surface area contributed by atoms with E-state index in [-0.39, 0.29) is 11.2 Å². The fourth-order valence-corrected chi connectivity index (χ4v) is 4.20. The van der Waals surface area contributed by atoms with E-state index in [0.29, 0.717) is 12.2 Å². The van der Waals surface area contributed by atoms with Crippen molar-refractivity contribution >= 4 is 0 Å². The van der Waals surface area contributed by atoms with E-state index in [2.05, 4.69) is 13.8 Å². The number of rotatable bonds is 1. The van der Waals surface area contributed by atoms with Gasteiger partial charge in [0.2, 0.25) is 0 Å². The summed E-state index contributed by atoms with van der Waals surface area (Å²) in [6.07, 6.45) is 9.21. The lowest BCUT2D eigenvalue weighted by Crippen LogP contribution is -2.31. The van der Waals surface area contributed by atoms with E-state index in [1.54, 1.807) is 0 Å². The zero-order valence-electron chi connectivity index (χ0n) is 10.4. The van der Waals surface area contributed by atoms with E-state index >= 15 is 0 Å². The van der Waals surface area contributed by atoms with E-state index in [9.17, 15) is 0 Å². The standard InChI is InChI=1S/C14H22O2/c1-13-5-3-9(7-11(13)15-13)10-4-6-14(2)12(8-10)16-14/h9-12H,3-8H2,1-2H3. The fraction of sp³-hybridized carbons (Fsp3) is 1.00. The molecule has 4 aliphatic rings. The third-order valence-electron chi connectivity index (χ3n) is 5.79. The Hall–Kier alpha value is -0.0800. The molecule has 0 radical (unpaired) electrons. The molecule has 2 aliphatic carbocycles. The van der Waals surface area contributed by atoms with Crippen LogP contribution in [0.3, 0.4) is 0 Å². The van der Waals surface area contributed by atoms with Crippen LogP contribution in [0.15, 0.2) is 0 Å². The van der Waals surface area contributed by atoms with Crippen LogP contribution in [0.25, 0.3) is 0 Å². The van der Waals surface area contributed by atoms with E-state index in [1.165, 1.54) is 38.5 Å². The molecule has 0 aromatic carbocycles. The van der Waals surface area contributed by atoms with Gasteiger partial charge in [0.05, 0.1) is 23.4 Å². The number of hydrogen-bond acceptors (Lipinski definition) is 2. The van der Waals surface area contributed by atoms with E-state index in [1.807, 2.05) is 0 Å². The molecule has 2 saturated carbocycles. The first kappa shape index (κ1) is 9.90. The molecule has 2 saturated heterocycles. The molecule has 2 heteroatoms. The average molecular weight is 222 g/mol. The second kappa shape index (κ2) is 2.84. The van der Waals surface area contributed by atoms with Crippen molar-refractivity contribution < 1.29 is 9.47 Å². The summed E-state index contributed by atoms with van der Waals surface area (Å²) in [6.45, 7) is 4.58. The molecule has 16 heavy (non-hydrogen) atoms. The van der Waals surface area contributed by atoms with Crippen LogP contribution in [0.1, 0.15) is 52.4 Å². The monoisotopic (exact) mass is 222 g/mol. The zero-order valence-corrected chi connectivity index (χ0v) is 10.4. The van der Waals surface area contributed by atoms with Gasteiger partial charge in [-0.05, 0) is 64.2 Å². The van der Waals surface area contributed by atoms with Crippen molar-refractivity contribution in [1.29, 1.82) is 0 Å². The summed E-state index contributed by atoms with van der Waals surface area (Å²) < 4.78 is 11.6. The Morgan fingerprint density at radius 1 is 0.812 bits per heavy atom. The molecule has 2 heterocycles. The Morgan fingerprint density at radius 3 is 1.62 bits per heavy atom. The van der Waals surface area contributed by atoms with Crippen LogP contribution in [0.4, 0.5) is 0 Å². The number of ether oxygens (including phenoxy) is 2. The molecule has 0 aromatic heterocycles. The minimum atomic E-state index is 0.287. The van der Waals surface area contributed by atoms with Gasteiger partial charge in [-0.15, -0.1) is 0 Å². The van der Waals surface area contributed by atoms with Crippen molar-refractivity contribution in [3.05, 3.63) is 0 Å². The molecule has 4 rings (SSSR count). The Morgan fingerprint density at radius 2 is 1.25 bits per heavy atom. The number of hydrogen-bond donors (Lipinski definition) is 0. The first-order chi connectivity index (χ1) is 7.59. The normalized spacial score (nSPS) is 63.4. The molecule has 90 valence electrons. The van der Waals surface area contributed by atoms with Gasteiger partial charge >= 0.3 is 0 Å². The zero-order chi connectivity index (χ0) is 11.0. The van der Waals surface area contributed by atoms with Crippen molar-refractivity contribution in [3.63, 3.8) is 0 Å². The molecule has 0 N–H and O–H groups in total. The molecule has 6 unspecified atom stereocenters. The highest BCUT2D eigenvalue weighted by molar-refractivity contribution is 5.08. The predicted octanol–water partition coefficient (Wildman–Crippen LogP) is 2.90. The fourth-order valence-electron chi connectivity index (χ4n) is 4.20. The molecule has 6 atom stereocenters. The van der Waals surface area contributed by atoms with Gasteiger partial charge in [-0.1, -0.05) is 0 Å². The first-order valence-electron chi connectivity index (χ1n) is 6.95. The second-order valence-corrected chi connectivity index (χ2v) is 6.91. The maximum Gasteiger partial charge on any atom is 0.0920 e. The van der Waals surface area contributed by atoms with Gasteiger partial charge in [0, 0.05) is 0 Å². The van der Waals surface area contributed by atoms with Gasteiger partial charge < -0.3 is 9.47 Å². The highest BCUT2D eigenvalue weighted by Crippen LogP contribution is 2.56. The Balaban J connectivity index is 1.40. The SMILES string of the molecule is CC12CCC(C3CCC4(C)OC4C3)CC1O2. The maximum atomic E-state index is 5.81. The quantitative estimate of drug-likeness (QED) is 0.637. The summed E-state index contributed by atoms with van der Waals surface area (Å²) in [5.74, 6) is 1.85. The van der Waals surface area contributed by atoms with Gasteiger partial charge in [-0.3, -0.25) is 0 Å². The number of fused-ring (bicyclic) bond motifs is 2. The third kappa shape index (κ3) is 1.32. The third-order valence-corrected chi connectivity index (χ3v) is 5.79. The highest BCUT2D eigenvalue weighted by Gasteiger charge is 2.59. The van der Waals surface area contributed by atoms with Crippen molar-refractivity contribution in [2.45, 2.75) is 75.8 Å². The van der Waals surface area contributed by atoms with Crippen LogP contribution in [-0.4, -0.2) is 23.4 Å².